The van der Waals surface area contributed by atoms with Crippen LogP contribution in [-0.4, -0.2) is 17.6 Å². The molecule has 0 fully saturated rings. The number of benzene rings is 2. The maximum absolute atomic E-state index is 12.7. The molecule has 4 rings (SSSR count). The molecule has 0 aliphatic heterocycles. The highest BCUT2D eigenvalue weighted by atomic mass is 32.1. The third-order valence-corrected chi connectivity index (χ3v) is 5.29. The number of nitrogens with zero attached hydrogens (tertiary/aromatic N) is 2. The van der Waals surface area contributed by atoms with Gasteiger partial charge < -0.3 is 13.7 Å². The Hall–Kier alpha value is -3.19. The van der Waals surface area contributed by atoms with Crippen LogP contribution < -0.4 is 15.0 Å². The fraction of sp³-hybridized carbons (Fsp3) is 0.150. The normalized spacial score (nSPS) is 12.0. The third-order valence-electron chi connectivity index (χ3n) is 4.24. The summed E-state index contributed by atoms with van der Waals surface area (Å²) in [7, 11) is 1.61. The van der Waals surface area contributed by atoms with Crippen molar-refractivity contribution in [1.82, 2.24) is 4.57 Å². The lowest BCUT2D eigenvalue weighted by Crippen LogP contribution is -2.17. The molecule has 4 aromatic rings. The highest BCUT2D eigenvalue weighted by Gasteiger charge is 2.14. The largest absolute Gasteiger partial charge is 0.495 e. The van der Waals surface area contributed by atoms with E-state index in [2.05, 4.69) is 4.99 Å². The summed E-state index contributed by atoms with van der Waals surface area (Å²) in [6.07, 6.45) is 0. The third kappa shape index (κ3) is 2.96. The Balaban J connectivity index is 1.89. The summed E-state index contributed by atoms with van der Waals surface area (Å²) < 4.78 is 13.9. The van der Waals surface area contributed by atoms with Crippen molar-refractivity contribution in [2.24, 2.45) is 4.99 Å². The first-order valence-electron chi connectivity index (χ1n) is 8.40. The van der Waals surface area contributed by atoms with Crippen LogP contribution in [0.5, 0.6) is 5.75 Å². The summed E-state index contributed by atoms with van der Waals surface area (Å²) >= 11 is 1.38. The Morgan fingerprint density at radius 2 is 2.04 bits per heavy atom. The molecule has 0 saturated heterocycles. The number of ether oxygens (including phenoxy) is 1. The second kappa shape index (κ2) is 6.85. The van der Waals surface area contributed by atoms with Gasteiger partial charge in [-0.3, -0.25) is 9.59 Å². The van der Waals surface area contributed by atoms with Gasteiger partial charge in [0.15, 0.2) is 16.0 Å². The van der Waals surface area contributed by atoms with Gasteiger partial charge in [0.1, 0.15) is 16.8 Å². The molecule has 0 atom stereocenters. The van der Waals surface area contributed by atoms with Gasteiger partial charge in [0.05, 0.1) is 17.2 Å². The van der Waals surface area contributed by atoms with Gasteiger partial charge in [0, 0.05) is 12.6 Å². The first kappa shape index (κ1) is 17.2. The van der Waals surface area contributed by atoms with E-state index in [0.29, 0.717) is 22.3 Å². The number of carbonyl (C=O) groups excluding carboxylic acids is 1. The highest BCUT2D eigenvalue weighted by Crippen LogP contribution is 2.27. The van der Waals surface area contributed by atoms with Crippen LogP contribution in [0.15, 0.2) is 62.7 Å². The fourth-order valence-electron chi connectivity index (χ4n) is 2.99. The average molecular weight is 380 g/mol. The zero-order valence-corrected chi connectivity index (χ0v) is 15.6. The van der Waals surface area contributed by atoms with E-state index < -0.39 is 5.91 Å². The van der Waals surface area contributed by atoms with Crippen LogP contribution in [0, 0.1) is 0 Å². The second-order valence-electron chi connectivity index (χ2n) is 5.82. The highest BCUT2D eigenvalue weighted by molar-refractivity contribution is 7.16. The van der Waals surface area contributed by atoms with Crippen LogP contribution in [0.4, 0.5) is 0 Å². The lowest BCUT2D eigenvalue weighted by atomic mass is 10.2. The van der Waals surface area contributed by atoms with E-state index in [4.69, 9.17) is 9.15 Å². The van der Waals surface area contributed by atoms with Gasteiger partial charge in [-0.1, -0.05) is 29.5 Å². The monoisotopic (exact) mass is 380 g/mol. The molecule has 0 aliphatic rings. The van der Waals surface area contributed by atoms with E-state index in [-0.39, 0.29) is 11.2 Å². The van der Waals surface area contributed by atoms with Gasteiger partial charge in [-0.15, -0.1) is 0 Å². The predicted octanol–water partition coefficient (Wildman–Crippen LogP) is 3.58. The van der Waals surface area contributed by atoms with E-state index in [1.54, 1.807) is 31.4 Å². The number of fused-ring (bicyclic) bond motifs is 2. The number of hydrogen-bond donors (Lipinski definition) is 0. The number of aromatic nitrogens is 1. The summed E-state index contributed by atoms with van der Waals surface area (Å²) in [5, 5.41) is 0.435. The lowest BCUT2D eigenvalue weighted by Gasteiger charge is -2.05. The summed E-state index contributed by atoms with van der Waals surface area (Å²) in [4.78, 5) is 29.6. The van der Waals surface area contributed by atoms with Gasteiger partial charge in [0.2, 0.25) is 0 Å². The van der Waals surface area contributed by atoms with E-state index in [1.807, 2.05) is 29.7 Å². The summed E-state index contributed by atoms with van der Waals surface area (Å²) in [6.45, 7) is 2.59. The van der Waals surface area contributed by atoms with Crippen molar-refractivity contribution in [2.75, 3.05) is 7.11 Å². The van der Waals surface area contributed by atoms with Crippen molar-refractivity contribution in [1.29, 1.82) is 0 Å². The van der Waals surface area contributed by atoms with E-state index >= 15 is 0 Å². The maximum atomic E-state index is 12.7. The SMILES string of the molecule is CCn1c(=NC(=O)c2cc(=O)c3ccccc3o2)sc2cccc(OC)c21. The topological polar surface area (TPSA) is 73.8 Å². The van der Waals surface area contributed by atoms with E-state index in [0.717, 1.165) is 16.0 Å². The minimum absolute atomic E-state index is 0.0780. The summed E-state index contributed by atoms with van der Waals surface area (Å²) in [5.41, 5.74) is 0.987. The van der Waals surface area contributed by atoms with Crippen molar-refractivity contribution < 1.29 is 13.9 Å². The lowest BCUT2D eigenvalue weighted by molar-refractivity contribution is 0.0972. The van der Waals surface area contributed by atoms with Gasteiger partial charge in [-0.2, -0.15) is 4.99 Å². The number of hydrogen-bond acceptors (Lipinski definition) is 5. The molecule has 136 valence electrons. The molecule has 0 unspecified atom stereocenters. The fourth-order valence-corrected chi connectivity index (χ4v) is 4.10. The van der Waals surface area contributed by atoms with Crippen LogP contribution >= 0.6 is 11.3 Å². The Morgan fingerprint density at radius 1 is 1.22 bits per heavy atom. The van der Waals surface area contributed by atoms with Crippen LogP contribution in [0.3, 0.4) is 0 Å². The molecule has 0 saturated carbocycles. The number of thiazole rings is 1. The maximum Gasteiger partial charge on any atom is 0.315 e. The average Bonchev–Trinajstić information content (AvgIpc) is 3.04. The molecule has 1 amide bonds. The number of para-hydroxylation sites is 2. The van der Waals surface area contributed by atoms with E-state index in [1.165, 1.54) is 17.4 Å². The van der Waals surface area contributed by atoms with Gasteiger partial charge in [0.25, 0.3) is 0 Å². The molecule has 6 nitrogen and oxygen atoms in total. The van der Waals surface area contributed by atoms with Crippen LogP contribution in [0.1, 0.15) is 17.5 Å². The van der Waals surface area contributed by atoms with Crippen LogP contribution in [-0.2, 0) is 6.54 Å². The Kier molecular flexibility index (Phi) is 4.37. The van der Waals surface area contributed by atoms with E-state index in [9.17, 15) is 9.59 Å². The smallest absolute Gasteiger partial charge is 0.315 e. The minimum atomic E-state index is -0.592. The Morgan fingerprint density at radius 3 is 2.81 bits per heavy atom. The molecule has 27 heavy (non-hydrogen) atoms. The zero-order valence-electron chi connectivity index (χ0n) is 14.8. The molecular formula is C20H16N2O4S. The first-order chi connectivity index (χ1) is 13.1. The predicted molar refractivity (Wildman–Crippen MR) is 104 cm³/mol. The van der Waals surface area contributed by atoms with Crippen molar-refractivity contribution in [3.05, 3.63) is 69.3 Å². The second-order valence-corrected chi connectivity index (χ2v) is 6.83. The Labute approximate surface area is 158 Å². The first-order valence-corrected chi connectivity index (χ1v) is 9.22. The molecule has 0 aliphatic carbocycles. The summed E-state index contributed by atoms with van der Waals surface area (Å²) in [5.74, 6) is 0.0492. The van der Waals surface area contributed by atoms with Crippen molar-refractivity contribution in [3.8, 4) is 5.75 Å². The van der Waals surface area contributed by atoms with Crippen LogP contribution in [0.2, 0.25) is 0 Å². The quantitative estimate of drug-likeness (QED) is 0.544. The number of methoxy groups -OCH3 is 1. The molecule has 7 heteroatoms. The van der Waals surface area contributed by atoms with Gasteiger partial charge in [-0.05, 0) is 31.2 Å². The molecule has 2 heterocycles. The van der Waals surface area contributed by atoms with Gasteiger partial charge >= 0.3 is 5.91 Å². The molecule has 2 aromatic carbocycles. The molecule has 0 spiro atoms. The standard InChI is InChI=1S/C20H16N2O4S/c1-3-22-18-15(25-2)9-6-10-17(18)27-20(22)21-19(24)16-11-13(23)12-7-4-5-8-14(12)26-16/h4-11H,3H2,1-2H3. The number of amides is 1. The van der Waals surface area contributed by atoms with Crippen LogP contribution in [0.25, 0.3) is 21.2 Å². The number of carbonyl (C=O) groups is 1. The Bertz CT molecular complexity index is 1300. The molecule has 2 aromatic heterocycles. The minimum Gasteiger partial charge on any atom is -0.495 e. The van der Waals surface area contributed by atoms with Gasteiger partial charge in [-0.25, -0.2) is 0 Å². The number of rotatable bonds is 3. The number of aryl methyl sites for hydroxylation is 1. The van der Waals surface area contributed by atoms with Crippen molar-refractivity contribution >= 4 is 38.4 Å². The molecular weight excluding hydrogens is 364 g/mol. The zero-order chi connectivity index (χ0) is 19.0. The van der Waals surface area contributed by atoms with Crippen molar-refractivity contribution in [2.45, 2.75) is 13.5 Å². The molecule has 0 bridgehead atoms. The molecule has 0 N–H and O–H groups in total. The molecule has 0 radical (unpaired) electrons. The van der Waals surface area contributed by atoms with Crippen molar-refractivity contribution in [3.63, 3.8) is 0 Å². The summed E-state index contributed by atoms with van der Waals surface area (Å²) in [6, 6.07) is 13.7.